The Hall–Kier alpha value is -5.28. The quantitative estimate of drug-likeness (QED) is 0.198. The second-order valence-corrected chi connectivity index (χ2v) is 8.13. The zero-order valence-corrected chi connectivity index (χ0v) is 19.8. The van der Waals surface area contributed by atoms with Crippen molar-refractivity contribution in [3.8, 4) is 40.0 Å². The van der Waals surface area contributed by atoms with Crippen molar-refractivity contribution < 1.29 is 22.7 Å². The molecule has 0 bridgehead atoms. The van der Waals surface area contributed by atoms with Crippen LogP contribution in [-0.2, 0) is 0 Å². The summed E-state index contributed by atoms with van der Waals surface area (Å²) >= 11 is 0. The average Bonchev–Trinajstić information content (AvgIpc) is 2.95. The van der Waals surface area contributed by atoms with Gasteiger partial charge in [0.25, 0.3) is 0 Å². The van der Waals surface area contributed by atoms with E-state index in [0.29, 0.717) is 5.56 Å². The van der Waals surface area contributed by atoms with E-state index in [1.54, 1.807) is 60.7 Å². The molecule has 4 nitrogen and oxygen atoms in total. The van der Waals surface area contributed by atoms with Crippen LogP contribution in [0.5, 0.6) is 5.75 Å². The zero-order chi connectivity index (χ0) is 26.5. The summed E-state index contributed by atoms with van der Waals surface area (Å²) in [4.78, 5) is 26.2. The fraction of sp³-hybridized carbons (Fsp3) is 0. The molecule has 1 heterocycles. The third-order valence-corrected chi connectivity index (χ3v) is 5.66. The minimum atomic E-state index is -0.997. The summed E-state index contributed by atoms with van der Waals surface area (Å²) in [5.41, 5.74) is -0.320. The topological polar surface area (TPSA) is 56.5 Å². The van der Waals surface area contributed by atoms with Gasteiger partial charge < -0.3 is 9.15 Å². The molecule has 0 aliphatic carbocycles. The molecule has 0 amide bonds. The van der Waals surface area contributed by atoms with E-state index in [0.717, 1.165) is 0 Å². The van der Waals surface area contributed by atoms with E-state index in [2.05, 4.69) is 11.8 Å². The predicted octanol–water partition coefficient (Wildman–Crippen LogP) is 6.87. The Labute approximate surface area is 216 Å². The number of halogens is 2. The van der Waals surface area contributed by atoms with Crippen LogP contribution in [0.25, 0.3) is 22.5 Å². The van der Waals surface area contributed by atoms with Crippen molar-refractivity contribution in [1.82, 2.24) is 0 Å². The summed E-state index contributed by atoms with van der Waals surface area (Å²) in [6.45, 7) is 0. The molecular weight excluding hydrogens is 486 g/mol. The monoisotopic (exact) mass is 504 g/mol. The van der Waals surface area contributed by atoms with Gasteiger partial charge in [-0.15, -0.1) is 0 Å². The highest BCUT2D eigenvalue weighted by atomic mass is 19.1. The van der Waals surface area contributed by atoms with Crippen LogP contribution in [-0.4, -0.2) is 5.97 Å². The van der Waals surface area contributed by atoms with Crippen LogP contribution in [0.3, 0.4) is 0 Å². The number of rotatable bonds is 4. The predicted molar refractivity (Wildman–Crippen MR) is 140 cm³/mol. The first-order chi connectivity index (χ1) is 18.5. The van der Waals surface area contributed by atoms with Crippen LogP contribution in [0.15, 0.2) is 118 Å². The first-order valence-corrected chi connectivity index (χ1v) is 11.6. The van der Waals surface area contributed by atoms with E-state index < -0.39 is 29.0 Å². The van der Waals surface area contributed by atoms with Crippen molar-refractivity contribution in [3.05, 3.63) is 148 Å². The van der Waals surface area contributed by atoms with Crippen molar-refractivity contribution in [3.63, 3.8) is 0 Å². The lowest BCUT2D eigenvalue weighted by molar-refractivity contribution is 0.0729. The Bertz CT molecular complexity index is 1750. The van der Waals surface area contributed by atoms with Crippen LogP contribution < -0.4 is 10.4 Å². The number of esters is 1. The van der Waals surface area contributed by atoms with Gasteiger partial charge in [-0.05, 0) is 30.3 Å². The summed E-state index contributed by atoms with van der Waals surface area (Å²) in [6, 6.07) is 28.3. The maximum Gasteiger partial charge on any atom is 0.380 e. The highest BCUT2D eigenvalue weighted by Gasteiger charge is 2.26. The Morgan fingerprint density at radius 1 is 0.711 bits per heavy atom. The third kappa shape index (κ3) is 4.99. The summed E-state index contributed by atoms with van der Waals surface area (Å²) in [5.74, 6) is 3.04. The molecule has 38 heavy (non-hydrogen) atoms. The van der Waals surface area contributed by atoms with Crippen molar-refractivity contribution in [2.75, 3.05) is 0 Å². The van der Waals surface area contributed by atoms with Crippen molar-refractivity contribution in [2.24, 2.45) is 0 Å². The van der Waals surface area contributed by atoms with Crippen LogP contribution in [0.4, 0.5) is 8.78 Å². The lowest BCUT2D eigenvalue weighted by Gasteiger charge is -2.15. The molecule has 0 unspecified atom stereocenters. The summed E-state index contributed by atoms with van der Waals surface area (Å²) in [6.07, 6.45) is 0. The molecule has 0 saturated carbocycles. The van der Waals surface area contributed by atoms with Gasteiger partial charge in [0.15, 0.2) is 5.76 Å². The van der Waals surface area contributed by atoms with Crippen molar-refractivity contribution in [2.45, 2.75) is 0 Å². The van der Waals surface area contributed by atoms with E-state index in [9.17, 15) is 14.0 Å². The van der Waals surface area contributed by atoms with E-state index in [1.807, 2.05) is 0 Å². The molecule has 184 valence electrons. The first kappa shape index (κ1) is 24.4. The number of carbonyl (C=O) groups excluding carboxylic acids is 1. The second-order valence-electron chi connectivity index (χ2n) is 8.13. The highest BCUT2D eigenvalue weighted by Crippen LogP contribution is 2.38. The Balaban J connectivity index is 1.83. The fourth-order valence-electron chi connectivity index (χ4n) is 3.86. The molecule has 0 aliphatic heterocycles. The number of benzene rings is 4. The molecule has 1 aromatic heterocycles. The SMILES string of the molecule is O=C(Oc1c(-c2ccccc2F)c(C#Cc2ccccc2F)c(-c2ccccc2)oc1=O)c1ccccc1. The van der Waals surface area contributed by atoms with Gasteiger partial charge in [-0.2, -0.15) is 0 Å². The summed E-state index contributed by atoms with van der Waals surface area (Å²) in [5, 5.41) is 0. The third-order valence-electron chi connectivity index (χ3n) is 5.66. The maximum absolute atomic E-state index is 15.2. The van der Waals surface area contributed by atoms with Crippen LogP contribution >= 0.6 is 0 Å². The number of ether oxygens (including phenoxy) is 1. The minimum absolute atomic E-state index is 0.0252. The largest absolute Gasteiger partial charge is 0.419 e. The van der Waals surface area contributed by atoms with Gasteiger partial charge in [-0.1, -0.05) is 90.7 Å². The number of hydrogen-bond acceptors (Lipinski definition) is 4. The number of carbonyl (C=O) groups is 1. The maximum atomic E-state index is 15.2. The van der Waals surface area contributed by atoms with Gasteiger partial charge in [-0.3, -0.25) is 0 Å². The van der Waals surface area contributed by atoms with E-state index in [1.165, 1.54) is 48.5 Å². The molecular formula is C32H18F2O4. The molecule has 0 spiro atoms. The van der Waals surface area contributed by atoms with Gasteiger partial charge in [0, 0.05) is 11.1 Å². The Morgan fingerprint density at radius 2 is 1.32 bits per heavy atom. The van der Waals surface area contributed by atoms with Gasteiger partial charge in [0.1, 0.15) is 11.6 Å². The van der Waals surface area contributed by atoms with Gasteiger partial charge in [-0.25, -0.2) is 18.4 Å². The van der Waals surface area contributed by atoms with Gasteiger partial charge in [0.05, 0.1) is 22.3 Å². The molecule has 0 fully saturated rings. The van der Waals surface area contributed by atoms with Crippen molar-refractivity contribution in [1.29, 1.82) is 0 Å². The van der Waals surface area contributed by atoms with E-state index in [-0.39, 0.29) is 33.6 Å². The minimum Gasteiger partial charge on any atom is -0.419 e. The molecule has 0 N–H and O–H groups in total. The molecule has 4 aromatic carbocycles. The second kappa shape index (κ2) is 10.8. The molecule has 0 radical (unpaired) electrons. The smallest absolute Gasteiger partial charge is 0.380 e. The Kier molecular flexibility index (Phi) is 6.92. The fourth-order valence-corrected chi connectivity index (χ4v) is 3.86. The molecule has 0 aliphatic rings. The normalized spacial score (nSPS) is 10.4. The summed E-state index contributed by atoms with van der Waals surface area (Å²) < 4.78 is 40.8. The molecule has 0 saturated heterocycles. The Morgan fingerprint density at radius 3 is 2.00 bits per heavy atom. The zero-order valence-electron chi connectivity index (χ0n) is 19.8. The first-order valence-electron chi connectivity index (χ1n) is 11.6. The average molecular weight is 504 g/mol. The van der Waals surface area contributed by atoms with Crippen LogP contribution in [0.2, 0.25) is 0 Å². The van der Waals surface area contributed by atoms with Crippen LogP contribution in [0.1, 0.15) is 21.5 Å². The van der Waals surface area contributed by atoms with Crippen LogP contribution in [0, 0.1) is 23.5 Å². The number of hydrogen-bond donors (Lipinski definition) is 0. The lowest BCUT2D eigenvalue weighted by Crippen LogP contribution is -2.17. The summed E-state index contributed by atoms with van der Waals surface area (Å²) in [7, 11) is 0. The van der Waals surface area contributed by atoms with Gasteiger partial charge >= 0.3 is 11.6 Å². The molecule has 6 heteroatoms. The highest BCUT2D eigenvalue weighted by molar-refractivity contribution is 5.93. The molecule has 5 rings (SSSR count). The molecule has 0 atom stereocenters. The lowest BCUT2D eigenvalue weighted by atomic mass is 9.95. The van der Waals surface area contributed by atoms with Gasteiger partial charge in [0.2, 0.25) is 5.75 Å². The molecule has 5 aromatic rings. The van der Waals surface area contributed by atoms with E-state index in [4.69, 9.17) is 9.15 Å². The van der Waals surface area contributed by atoms with Crippen molar-refractivity contribution >= 4 is 5.97 Å². The van der Waals surface area contributed by atoms with E-state index >= 15 is 4.39 Å². The standard InChI is InChI=1S/C32H18F2O4/c33-26-17-9-7-11-21(26)19-20-25-28(24-16-8-10-18-27(24)34)30(38-31(35)23-14-5-2-6-15-23)32(36)37-29(25)22-12-3-1-4-13-22/h1-18H.